The van der Waals surface area contributed by atoms with E-state index < -0.39 is 0 Å². The normalized spacial score (nSPS) is 18.5. The van der Waals surface area contributed by atoms with Gasteiger partial charge in [0.1, 0.15) is 0 Å². The first-order valence-electron chi connectivity index (χ1n) is 13.4. The number of anilines is 2. The molecule has 3 aromatic rings. The largest absolute Gasteiger partial charge is 0.383 e. The van der Waals surface area contributed by atoms with E-state index in [2.05, 4.69) is 69.5 Å². The molecule has 0 saturated carbocycles. The van der Waals surface area contributed by atoms with E-state index in [-0.39, 0.29) is 5.56 Å². The first-order chi connectivity index (χ1) is 18.7. The van der Waals surface area contributed by atoms with Gasteiger partial charge in [0.2, 0.25) is 5.56 Å². The van der Waals surface area contributed by atoms with Crippen LogP contribution in [0.4, 0.5) is 11.4 Å². The van der Waals surface area contributed by atoms with Gasteiger partial charge < -0.3 is 24.7 Å². The maximum atomic E-state index is 12.6. The van der Waals surface area contributed by atoms with Crippen molar-refractivity contribution in [3.8, 4) is 11.3 Å². The summed E-state index contributed by atoms with van der Waals surface area (Å²) in [7, 11) is 0. The maximum Gasteiger partial charge on any atom is 0.250 e. The van der Waals surface area contributed by atoms with Gasteiger partial charge in [0.25, 0.3) is 0 Å². The molecule has 3 aliphatic heterocycles. The van der Waals surface area contributed by atoms with Crippen molar-refractivity contribution < 1.29 is 9.47 Å². The summed E-state index contributed by atoms with van der Waals surface area (Å²) in [4.78, 5) is 25.4. The maximum absolute atomic E-state index is 12.6. The summed E-state index contributed by atoms with van der Waals surface area (Å²) in [5.74, 6) is 0. The Morgan fingerprint density at radius 2 is 1.71 bits per heavy atom. The molecule has 2 N–H and O–H groups in total. The predicted molar refractivity (Wildman–Crippen MR) is 155 cm³/mol. The van der Waals surface area contributed by atoms with Gasteiger partial charge in [0.15, 0.2) is 0 Å². The van der Waals surface area contributed by atoms with Crippen molar-refractivity contribution in [1.82, 2.24) is 9.88 Å². The van der Waals surface area contributed by atoms with Crippen LogP contribution >= 0.6 is 23.5 Å². The second kappa shape index (κ2) is 11.8. The molecular weight excluding hydrogens is 516 g/mol. The van der Waals surface area contributed by atoms with E-state index >= 15 is 0 Å². The van der Waals surface area contributed by atoms with Crippen LogP contribution in [0.15, 0.2) is 72.9 Å². The molecule has 9 heteroatoms. The first-order valence-corrected chi connectivity index (χ1v) is 15.1. The molecule has 200 valence electrons. The van der Waals surface area contributed by atoms with E-state index in [9.17, 15) is 4.79 Å². The van der Waals surface area contributed by atoms with Crippen LogP contribution in [0.3, 0.4) is 0 Å². The number of H-pyrrole nitrogens is 1. The number of nitrogens with zero attached hydrogens (tertiary/aromatic N) is 2. The molecule has 0 radical (unpaired) electrons. The number of aromatic nitrogens is 1. The third kappa shape index (κ3) is 5.62. The van der Waals surface area contributed by atoms with Crippen LogP contribution in [0.1, 0.15) is 13.3 Å². The zero-order chi connectivity index (χ0) is 25.9. The van der Waals surface area contributed by atoms with Gasteiger partial charge in [0, 0.05) is 81.4 Å². The van der Waals surface area contributed by atoms with Crippen molar-refractivity contribution in [3.63, 3.8) is 0 Å². The Bertz CT molecular complexity index is 1340. The van der Waals surface area contributed by atoms with Gasteiger partial charge in [-0.05, 0) is 36.8 Å². The van der Waals surface area contributed by atoms with Gasteiger partial charge in [-0.1, -0.05) is 42.6 Å². The fourth-order valence-electron chi connectivity index (χ4n) is 5.31. The fraction of sp³-hybridized carbons (Fsp3) is 0.414. The van der Waals surface area contributed by atoms with Crippen molar-refractivity contribution in [3.05, 3.63) is 58.9 Å². The molecule has 0 aliphatic carbocycles. The summed E-state index contributed by atoms with van der Waals surface area (Å²) in [5, 5.41) is 3.69. The standard InChI is InChI=1S/C29H34N4O3S2/c1-2-21(32-8-12-35-13-9-32)19-30-20-6-7-25-27(16-20)37-26-5-3-4-23(29(26)38-25)24-17-22(18-28(34)31-24)33-10-14-36-15-11-33/h3-7,16-18,21,30H,2,8-15,19H2,1H3,(H,31,34). The number of aromatic amines is 1. The third-order valence-corrected chi connectivity index (χ3v) is 10.0. The summed E-state index contributed by atoms with van der Waals surface area (Å²) in [6.07, 6.45) is 1.12. The van der Waals surface area contributed by atoms with Crippen LogP contribution in [-0.2, 0) is 9.47 Å². The summed E-state index contributed by atoms with van der Waals surface area (Å²) in [6, 6.07) is 17.4. The minimum Gasteiger partial charge on any atom is -0.383 e. The van der Waals surface area contributed by atoms with E-state index in [1.165, 1.54) is 19.6 Å². The van der Waals surface area contributed by atoms with Crippen LogP contribution < -0.4 is 15.8 Å². The van der Waals surface area contributed by atoms with Gasteiger partial charge in [-0.3, -0.25) is 9.69 Å². The van der Waals surface area contributed by atoms with Crippen molar-refractivity contribution >= 4 is 34.9 Å². The Kier molecular flexibility index (Phi) is 7.99. The number of hydrogen-bond acceptors (Lipinski definition) is 8. The molecule has 0 bridgehead atoms. The molecular formula is C29H34N4O3S2. The zero-order valence-corrected chi connectivity index (χ0v) is 23.3. The lowest BCUT2D eigenvalue weighted by Crippen LogP contribution is -2.46. The third-order valence-electron chi connectivity index (χ3n) is 7.43. The number of nitrogens with one attached hydrogen (secondary N) is 2. The van der Waals surface area contributed by atoms with Gasteiger partial charge in [-0.15, -0.1) is 0 Å². The summed E-state index contributed by atoms with van der Waals surface area (Å²) < 4.78 is 11.0. The number of benzene rings is 2. The first kappa shape index (κ1) is 25.8. The molecule has 1 unspecified atom stereocenters. The van der Waals surface area contributed by atoms with Crippen LogP contribution in [0.25, 0.3) is 11.3 Å². The molecule has 1 aromatic heterocycles. The second-order valence-corrected chi connectivity index (χ2v) is 11.9. The molecule has 38 heavy (non-hydrogen) atoms. The quantitative estimate of drug-likeness (QED) is 0.333. The minimum absolute atomic E-state index is 0.0753. The van der Waals surface area contributed by atoms with E-state index in [1.807, 2.05) is 0 Å². The van der Waals surface area contributed by atoms with E-state index in [0.29, 0.717) is 19.3 Å². The van der Waals surface area contributed by atoms with Crippen molar-refractivity contribution in [1.29, 1.82) is 0 Å². The molecule has 4 heterocycles. The molecule has 3 aliphatic rings. The van der Waals surface area contributed by atoms with Crippen LogP contribution in [0, 0.1) is 0 Å². The molecule has 2 fully saturated rings. The lowest BCUT2D eigenvalue weighted by Gasteiger charge is -2.34. The summed E-state index contributed by atoms with van der Waals surface area (Å²) in [6.45, 7) is 9.86. The highest BCUT2D eigenvalue weighted by Crippen LogP contribution is 2.52. The fourth-order valence-corrected chi connectivity index (χ4v) is 7.72. The van der Waals surface area contributed by atoms with E-state index in [1.54, 1.807) is 29.6 Å². The Balaban J connectivity index is 1.21. The molecule has 2 saturated heterocycles. The Morgan fingerprint density at radius 1 is 0.921 bits per heavy atom. The predicted octanol–water partition coefficient (Wildman–Crippen LogP) is 5.02. The summed E-state index contributed by atoms with van der Waals surface area (Å²) in [5.41, 5.74) is 3.96. The average Bonchev–Trinajstić information content (AvgIpc) is 2.96. The molecule has 0 amide bonds. The second-order valence-electron chi connectivity index (χ2n) is 9.81. The van der Waals surface area contributed by atoms with E-state index in [0.717, 1.165) is 75.0 Å². The Morgan fingerprint density at radius 3 is 2.50 bits per heavy atom. The lowest BCUT2D eigenvalue weighted by atomic mass is 10.1. The van der Waals surface area contributed by atoms with Crippen molar-refractivity contribution in [2.24, 2.45) is 0 Å². The SMILES string of the molecule is CCC(CNc1ccc2c(c1)Sc1cccc(-c3cc(N4CCOCC4)cc(=O)[nH]3)c1S2)N1CCOCC1. The number of ether oxygens (including phenoxy) is 2. The molecule has 1 atom stereocenters. The van der Waals surface area contributed by atoms with Crippen LogP contribution in [-0.4, -0.2) is 75.1 Å². The van der Waals surface area contributed by atoms with E-state index in [4.69, 9.17) is 9.47 Å². The highest BCUT2D eigenvalue weighted by Gasteiger charge is 2.23. The molecule has 6 rings (SSSR count). The van der Waals surface area contributed by atoms with Crippen molar-refractivity contribution in [2.75, 3.05) is 69.4 Å². The Labute approximate surface area is 232 Å². The van der Waals surface area contributed by atoms with Crippen LogP contribution in [0.2, 0.25) is 0 Å². The van der Waals surface area contributed by atoms with Gasteiger partial charge in [0.05, 0.1) is 32.1 Å². The highest BCUT2D eigenvalue weighted by molar-refractivity contribution is 8.05. The monoisotopic (exact) mass is 550 g/mol. The number of pyridine rings is 1. The number of rotatable bonds is 7. The van der Waals surface area contributed by atoms with Crippen molar-refractivity contribution in [2.45, 2.75) is 39.0 Å². The highest BCUT2D eigenvalue weighted by atomic mass is 32.2. The average molecular weight is 551 g/mol. The number of morpholine rings is 2. The topological polar surface area (TPSA) is 69.8 Å². The molecule has 2 aromatic carbocycles. The molecule has 0 spiro atoms. The number of hydrogen-bond donors (Lipinski definition) is 2. The van der Waals surface area contributed by atoms with Gasteiger partial charge in [-0.2, -0.15) is 0 Å². The van der Waals surface area contributed by atoms with Gasteiger partial charge >= 0.3 is 0 Å². The van der Waals surface area contributed by atoms with Gasteiger partial charge in [-0.25, -0.2) is 0 Å². The summed E-state index contributed by atoms with van der Waals surface area (Å²) >= 11 is 3.59. The number of fused-ring (bicyclic) bond motifs is 2. The van der Waals surface area contributed by atoms with Crippen LogP contribution in [0.5, 0.6) is 0 Å². The smallest absolute Gasteiger partial charge is 0.250 e. The zero-order valence-electron chi connectivity index (χ0n) is 21.7. The molecule has 7 nitrogen and oxygen atoms in total. The lowest BCUT2D eigenvalue weighted by molar-refractivity contribution is 0.0184. The Hall–Kier alpha value is -2.43. The minimum atomic E-state index is -0.0753.